The summed E-state index contributed by atoms with van der Waals surface area (Å²) < 4.78 is 2.41. The maximum Gasteiger partial charge on any atom is 0.0406 e. The Balaban J connectivity index is 1.91. The van der Waals surface area contributed by atoms with Crippen LogP contribution in [0, 0.1) is 0 Å². The van der Waals surface area contributed by atoms with Crippen molar-refractivity contribution in [3.05, 3.63) is 34.9 Å². The molecule has 1 N–H and O–H groups in total. The average Bonchev–Trinajstić information content (AvgIpc) is 2.32. The Bertz CT molecular complexity index is 328. The predicted molar refractivity (Wildman–Crippen MR) is 72.0 cm³/mol. The molecule has 1 atom stereocenters. The van der Waals surface area contributed by atoms with E-state index in [4.69, 9.17) is 11.6 Å². The number of piperazine rings is 1. The quantitative estimate of drug-likeness (QED) is 0.837. The van der Waals surface area contributed by atoms with Crippen LogP contribution in [-0.2, 0) is 6.42 Å². The first-order valence-electron chi connectivity index (χ1n) is 5.55. The fraction of sp³-hybridized carbons (Fsp3) is 0.500. The zero-order chi connectivity index (χ0) is 11.4. The number of hydrogen-bond acceptors (Lipinski definition) is 3. The SMILES string of the molecule is CSN1CCN[C@@H](Cc2ccc(Cl)cc2)C1. The predicted octanol–water partition coefficient (Wildman–Crippen LogP) is 2.43. The van der Waals surface area contributed by atoms with Crippen LogP contribution >= 0.6 is 23.5 Å². The summed E-state index contributed by atoms with van der Waals surface area (Å²) in [6.45, 7) is 3.33. The van der Waals surface area contributed by atoms with E-state index in [2.05, 4.69) is 28.0 Å². The Morgan fingerprint density at radius 2 is 2.19 bits per heavy atom. The van der Waals surface area contributed by atoms with Gasteiger partial charge in [-0.2, -0.15) is 0 Å². The Hall–Kier alpha value is -0.220. The molecule has 1 saturated heterocycles. The molecule has 4 heteroatoms. The molecule has 0 aliphatic carbocycles. The Kier molecular flexibility index (Phi) is 4.53. The number of nitrogens with one attached hydrogen (secondary N) is 1. The minimum absolute atomic E-state index is 0.558. The van der Waals surface area contributed by atoms with E-state index < -0.39 is 0 Å². The second-order valence-electron chi connectivity index (χ2n) is 4.05. The van der Waals surface area contributed by atoms with Crippen LogP contribution in [0.1, 0.15) is 5.56 Å². The lowest BCUT2D eigenvalue weighted by atomic mass is 10.0. The van der Waals surface area contributed by atoms with Gasteiger partial charge in [0.05, 0.1) is 0 Å². The van der Waals surface area contributed by atoms with Gasteiger partial charge < -0.3 is 5.32 Å². The molecule has 0 unspecified atom stereocenters. The highest BCUT2D eigenvalue weighted by Crippen LogP contribution is 2.14. The largest absolute Gasteiger partial charge is 0.311 e. The molecule has 1 fully saturated rings. The maximum absolute atomic E-state index is 5.87. The summed E-state index contributed by atoms with van der Waals surface area (Å²) in [5.41, 5.74) is 1.35. The standard InChI is InChI=1S/C12H17ClN2S/c1-16-15-7-6-14-12(9-15)8-10-2-4-11(13)5-3-10/h2-5,12,14H,6-9H2,1H3/t12-/m0/s1. The van der Waals surface area contributed by atoms with Gasteiger partial charge >= 0.3 is 0 Å². The second kappa shape index (κ2) is 5.92. The molecule has 0 radical (unpaired) electrons. The summed E-state index contributed by atoms with van der Waals surface area (Å²) in [4.78, 5) is 0. The van der Waals surface area contributed by atoms with Crippen LogP contribution in [0.4, 0.5) is 0 Å². The number of nitrogens with zero attached hydrogens (tertiary/aromatic N) is 1. The van der Waals surface area contributed by atoms with Crippen molar-refractivity contribution >= 4 is 23.5 Å². The van der Waals surface area contributed by atoms with Crippen molar-refractivity contribution in [2.75, 3.05) is 25.9 Å². The van der Waals surface area contributed by atoms with E-state index in [1.54, 1.807) is 0 Å². The Morgan fingerprint density at radius 3 is 2.88 bits per heavy atom. The van der Waals surface area contributed by atoms with Gasteiger partial charge in [0.15, 0.2) is 0 Å². The van der Waals surface area contributed by atoms with Gasteiger partial charge in [0, 0.05) is 30.7 Å². The summed E-state index contributed by atoms with van der Waals surface area (Å²) in [6.07, 6.45) is 3.22. The van der Waals surface area contributed by atoms with Crippen LogP contribution in [0.25, 0.3) is 0 Å². The molecule has 1 aromatic carbocycles. The summed E-state index contributed by atoms with van der Waals surface area (Å²) >= 11 is 7.71. The van der Waals surface area contributed by atoms with E-state index in [0.717, 1.165) is 31.1 Å². The topological polar surface area (TPSA) is 15.3 Å². The molecule has 0 bridgehead atoms. The van der Waals surface area contributed by atoms with Gasteiger partial charge in [0.1, 0.15) is 0 Å². The zero-order valence-corrected chi connectivity index (χ0v) is 11.0. The molecule has 1 heterocycles. The van der Waals surface area contributed by atoms with Crippen LogP contribution in [0.3, 0.4) is 0 Å². The first-order chi connectivity index (χ1) is 7.78. The van der Waals surface area contributed by atoms with Crippen molar-refractivity contribution < 1.29 is 0 Å². The van der Waals surface area contributed by atoms with E-state index in [1.165, 1.54) is 5.56 Å². The highest BCUT2D eigenvalue weighted by molar-refractivity contribution is 7.96. The smallest absolute Gasteiger partial charge is 0.0406 e. The summed E-state index contributed by atoms with van der Waals surface area (Å²) in [6, 6.07) is 8.71. The normalized spacial score (nSPS) is 22.2. The van der Waals surface area contributed by atoms with Crippen LogP contribution in [0.15, 0.2) is 24.3 Å². The van der Waals surface area contributed by atoms with Crippen molar-refractivity contribution in [1.29, 1.82) is 0 Å². The maximum atomic E-state index is 5.87. The van der Waals surface area contributed by atoms with Gasteiger partial charge in [0.2, 0.25) is 0 Å². The first kappa shape index (κ1) is 12.2. The van der Waals surface area contributed by atoms with Crippen molar-refractivity contribution in [3.63, 3.8) is 0 Å². The minimum Gasteiger partial charge on any atom is -0.311 e. The summed E-state index contributed by atoms with van der Waals surface area (Å²) in [5, 5.41) is 4.37. The third kappa shape index (κ3) is 3.39. The Labute approximate surface area is 106 Å². The van der Waals surface area contributed by atoms with Gasteiger partial charge in [-0.25, -0.2) is 4.31 Å². The van der Waals surface area contributed by atoms with E-state index in [0.29, 0.717) is 6.04 Å². The molecular weight excluding hydrogens is 240 g/mol. The van der Waals surface area contributed by atoms with Gasteiger partial charge in [-0.05, 0) is 30.4 Å². The fourth-order valence-electron chi connectivity index (χ4n) is 2.00. The first-order valence-corrected chi connectivity index (χ1v) is 7.11. The average molecular weight is 257 g/mol. The van der Waals surface area contributed by atoms with Crippen LogP contribution in [0.5, 0.6) is 0 Å². The van der Waals surface area contributed by atoms with Crippen molar-refractivity contribution in [3.8, 4) is 0 Å². The molecule has 88 valence electrons. The van der Waals surface area contributed by atoms with E-state index in [1.807, 2.05) is 24.1 Å². The van der Waals surface area contributed by atoms with Crippen LogP contribution in [0.2, 0.25) is 5.02 Å². The minimum atomic E-state index is 0.558. The molecular formula is C12H17ClN2S. The van der Waals surface area contributed by atoms with Gasteiger partial charge in [-0.1, -0.05) is 35.7 Å². The molecule has 1 aromatic rings. The number of halogens is 1. The van der Waals surface area contributed by atoms with Gasteiger partial charge in [-0.15, -0.1) is 0 Å². The second-order valence-corrected chi connectivity index (χ2v) is 5.37. The van der Waals surface area contributed by atoms with Gasteiger partial charge in [-0.3, -0.25) is 0 Å². The number of benzene rings is 1. The fourth-order valence-corrected chi connectivity index (χ4v) is 2.73. The zero-order valence-electron chi connectivity index (χ0n) is 9.45. The lowest BCUT2D eigenvalue weighted by molar-refractivity contribution is 0.319. The molecule has 2 rings (SSSR count). The molecule has 0 aromatic heterocycles. The molecule has 16 heavy (non-hydrogen) atoms. The van der Waals surface area contributed by atoms with E-state index in [9.17, 15) is 0 Å². The number of hydrogen-bond donors (Lipinski definition) is 1. The van der Waals surface area contributed by atoms with Crippen LogP contribution in [-0.4, -0.2) is 36.2 Å². The highest BCUT2D eigenvalue weighted by Gasteiger charge is 2.18. The lowest BCUT2D eigenvalue weighted by Gasteiger charge is -2.32. The monoisotopic (exact) mass is 256 g/mol. The van der Waals surface area contributed by atoms with Crippen LogP contribution < -0.4 is 5.32 Å². The Morgan fingerprint density at radius 1 is 1.44 bits per heavy atom. The molecule has 1 aliphatic rings. The highest BCUT2D eigenvalue weighted by atomic mass is 35.5. The van der Waals surface area contributed by atoms with Crippen molar-refractivity contribution in [2.24, 2.45) is 0 Å². The third-order valence-corrected chi connectivity index (χ3v) is 3.97. The third-order valence-electron chi connectivity index (χ3n) is 2.87. The molecule has 2 nitrogen and oxygen atoms in total. The molecule has 1 aliphatic heterocycles. The summed E-state index contributed by atoms with van der Waals surface area (Å²) in [5.74, 6) is 0. The van der Waals surface area contributed by atoms with Crippen molar-refractivity contribution in [1.82, 2.24) is 9.62 Å². The van der Waals surface area contributed by atoms with E-state index >= 15 is 0 Å². The summed E-state index contributed by atoms with van der Waals surface area (Å²) in [7, 11) is 0. The number of rotatable bonds is 3. The van der Waals surface area contributed by atoms with Gasteiger partial charge in [0.25, 0.3) is 0 Å². The van der Waals surface area contributed by atoms with E-state index in [-0.39, 0.29) is 0 Å². The molecule has 0 amide bonds. The lowest BCUT2D eigenvalue weighted by Crippen LogP contribution is -2.48. The van der Waals surface area contributed by atoms with Crippen molar-refractivity contribution in [2.45, 2.75) is 12.5 Å². The molecule has 0 spiro atoms. The molecule has 0 saturated carbocycles.